The third-order valence-electron chi connectivity index (χ3n) is 5.89. The average Bonchev–Trinajstić information content (AvgIpc) is 3.28. The summed E-state index contributed by atoms with van der Waals surface area (Å²) >= 11 is 0. The summed E-state index contributed by atoms with van der Waals surface area (Å²) in [6, 6.07) is 12.7. The van der Waals surface area contributed by atoms with Crippen LogP contribution in [0.3, 0.4) is 0 Å². The van der Waals surface area contributed by atoms with Gasteiger partial charge < -0.3 is 4.90 Å². The van der Waals surface area contributed by atoms with Gasteiger partial charge >= 0.3 is 0 Å². The van der Waals surface area contributed by atoms with Gasteiger partial charge in [-0.05, 0) is 66.8 Å². The molecule has 1 aliphatic heterocycles. The first kappa shape index (κ1) is 19.2. The molecule has 0 saturated carbocycles. The van der Waals surface area contributed by atoms with Gasteiger partial charge in [-0.3, -0.25) is 4.79 Å². The summed E-state index contributed by atoms with van der Waals surface area (Å²) in [6.45, 7) is 6.45. The number of carbonyl (C=O) groups excluding carboxylic acids is 1. The second kappa shape index (κ2) is 7.39. The number of nitrogens with zero attached hydrogens (tertiary/aromatic N) is 5. The lowest BCUT2D eigenvalue weighted by Gasteiger charge is -2.34. The van der Waals surface area contributed by atoms with Crippen LogP contribution in [0.1, 0.15) is 42.3 Å². The van der Waals surface area contributed by atoms with Crippen molar-refractivity contribution in [2.24, 2.45) is 0 Å². The molecule has 0 spiro atoms. The Balaban J connectivity index is 1.70. The molecule has 0 N–H and O–H groups in total. The molecule has 150 valence electrons. The number of benzene rings is 2. The van der Waals surface area contributed by atoms with E-state index >= 15 is 0 Å². The lowest BCUT2D eigenvalue weighted by molar-refractivity contribution is -0.131. The van der Waals surface area contributed by atoms with Crippen molar-refractivity contribution in [2.75, 3.05) is 6.54 Å². The number of tetrazole rings is 1. The maximum atomic E-state index is 14.1. The summed E-state index contributed by atoms with van der Waals surface area (Å²) in [6.07, 6.45) is 1.49. The molecule has 2 heterocycles. The molecule has 0 bridgehead atoms. The first-order valence-electron chi connectivity index (χ1n) is 9.81. The van der Waals surface area contributed by atoms with Crippen LogP contribution in [0.25, 0.3) is 5.69 Å². The van der Waals surface area contributed by atoms with E-state index in [4.69, 9.17) is 0 Å². The van der Waals surface area contributed by atoms with Crippen molar-refractivity contribution >= 4 is 5.91 Å². The molecule has 1 unspecified atom stereocenters. The minimum Gasteiger partial charge on any atom is -0.330 e. The highest BCUT2D eigenvalue weighted by Crippen LogP contribution is 2.39. The molecule has 1 saturated heterocycles. The highest BCUT2D eigenvalue weighted by Gasteiger charge is 2.46. The van der Waals surface area contributed by atoms with Gasteiger partial charge in [-0.1, -0.05) is 36.4 Å². The van der Waals surface area contributed by atoms with E-state index in [1.54, 1.807) is 21.7 Å². The fraction of sp³-hybridized carbons (Fsp3) is 0.364. The predicted octanol–water partition coefficient (Wildman–Crippen LogP) is 3.50. The number of aromatic nitrogens is 4. The lowest BCUT2D eigenvalue weighted by atomic mass is 9.96. The van der Waals surface area contributed by atoms with Crippen molar-refractivity contribution in [2.45, 2.75) is 45.6 Å². The molecule has 3 aromatic rings. The van der Waals surface area contributed by atoms with Crippen molar-refractivity contribution < 1.29 is 9.18 Å². The largest absolute Gasteiger partial charge is 0.330 e. The second-order valence-electron chi connectivity index (χ2n) is 7.82. The minimum atomic E-state index is -0.652. The standard InChI is InChI=1S/C22H24FN5O/c1-15-7-6-8-16(2)20(15)28-21(24-25-26-28)22(3)13-11-19(29)27(22)14-12-17-9-4-5-10-18(17)23/h4-10H,11-14H2,1-3H3. The van der Waals surface area contributed by atoms with E-state index in [2.05, 4.69) is 15.5 Å². The smallest absolute Gasteiger partial charge is 0.223 e. The number of carbonyl (C=O) groups is 1. The van der Waals surface area contributed by atoms with E-state index < -0.39 is 5.54 Å². The van der Waals surface area contributed by atoms with Gasteiger partial charge in [0.1, 0.15) is 11.4 Å². The van der Waals surface area contributed by atoms with Crippen molar-refractivity contribution in [1.82, 2.24) is 25.1 Å². The Kier molecular flexibility index (Phi) is 4.90. The predicted molar refractivity (Wildman–Crippen MR) is 107 cm³/mol. The summed E-state index contributed by atoms with van der Waals surface area (Å²) in [5, 5.41) is 12.5. The number of hydrogen-bond acceptors (Lipinski definition) is 4. The van der Waals surface area contributed by atoms with E-state index in [0.717, 1.165) is 16.8 Å². The summed E-state index contributed by atoms with van der Waals surface area (Å²) in [5.74, 6) is 0.426. The highest BCUT2D eigenvalue weighted by atomic mass is 19.1. The molecule has 0 radical (unpaired) electrons. The zero-order valence-corrected chi connectivity index (χ0v) is 16.9. The molecule has 1 aromatic heterocycles. The topological polar surface area (TPSA) is 63.9 Å². The average molecular weight is 393 g/mol. The first-order valence-corrected chi connectivity index (χ1v) is 9.81. The zero-order valence-electron chi connectivity index (χ0n) is 16.9. The third kappa shape index (κ3) is 3.30. The van der Waals surface area contributed by atoms with E-state index in [0.29, 0.717) is 37.2 Å². The van der Waals surface area contributed by atoms with E-state index in [1.807, 2.05) is 45.0 Å². The molecular formula is C22H24FN5O. The Hall–Kier alpha value is -3.09. The Morgan fingerprint density at radius 3 is 2.55 bits per heavy atom. The van der Waals surface area contributed by atoms with Gasteiger partial charge in [0, 0.05) is 13.0 Å². The Bertz CT molecular complexity index is 1040. The summed E-state index contributed by atoms with van der Waals surface area (Å²) in [4.78, 5) is 14.5. The SMILES string of the molecule is Cc1cccc(C)c1-n1nnnc1C1(C)CCC(=O)N1CCc1ccccc1F. The number of aryl methyl sites for hydroxylation is 2. The number of amides is 1. The molecule has 1 atom stereocenters. The summed E-state index contributed by atoms with van der Waals surface area (Å²) < 4.78 is 15.8. The van der Waals surface area contributed by atoms with Crippen molar-refractivity contribution in [1.29, 1.82) is 0 Å². The van der Waals surface area contributed by atoms with Gasteiger partial charge in [0.25, 0.3) is 0 Å². The fourth-order valence-electron chi connectivity index (χ4n) is 4.25. The number of halogens is 1. The molecule has 1 amide bonds. The van der Waals surface area contributed by atoms with Crippen molar-refractivity contribution in [3.05, 3.63) is 70.8 Å². The van der Waals surface area contributed by atoms with Crippen LogP contribution < -0.4 is 0 Å². The number of rotatable bonds is 5. The normalized spacial score (nSPS) is 19.2. The van der Waals surface area contributed by atoms with Crippen LogP contribution >= 0.6 is 0 Å². The van der Waals surface area contributed by atoms with Gasteiger partial charge in [0.05, 0.1) is 5.69 Å². The van der Waals surface area contributed by atoms with Gasteiger partial charge in [-0.15, -0.1) is 5.10 Å². The van der Waals surface area contributed by atoms with Gasteiger partial charge in [-0.2, -0.15) is 4.68 Å². The minimum absolute atomic E-state index is 0.0416. The van der Waals surface area contributed by atoms with Crippen LogP contribution in [0.15, 0.2) is 42.5 Å². The van der Waals surface area contributed by atoms with Crippen molar-refractivity contribution in [3.8, 4) is 5.69 Å². The first-order chi connectivity index (χ1) is 13.9. The molecule has 1 fully saturated rings. The van der Waals surface area contributed by atoms with E-state index in [1.165, 1.54) is 6.07 Å². The van der Waals surface area contributed by atoms with Crippen LogP contribution in [0.4, 0.5) is 4.39 Å². The Morgan fingerprint density at radius 2 is 1.83 bits per heavy atom. The molecule has 2 aromatic carbocycles. The van der Waals surface area contributed by atoms with Crippen LogP contribution in [-0.4, -0.2) is 37.6 Å². The Morgan fingerprint density at radius 1 is 1.10 bits per heavy atom. The molecule has 4 rings (SSSR count). The Labute approximate surface area is 169 Å². The van der Waals surface area contributed by atoms with Gasteiger partial charge in [0.15, 0.2) is 5.82 Å². The number of likely N-dealkylation sites (tertiary alicyclic amines) is 1. The van der Waals surface area contributed by atoms with Crippen LogP contribution in [-0.2, 0) is 16.8 Å². The fourth-order valence-corrected chi connectivity index (χ4v) is 4.25. The second-order valence-corrected chi connectivity index (χ2v) is 7.82. The van der Waals surface area contributed by atoms with Crippen LogP contribution in [0.2, 0.25) is 0 Å². The molecule has 0 aliphatic carbocycles. The maximum absolute atomic E-state index is 14.1. The monoisotopic (exact) mass is 393 g/mol. The quantitative estimate of drug-likeness (QED) is 0.666. The van der Waals surface area contributed by atoms with Gasteiger partial charge in [-0.25, -0.2) is 4.39 Å². The van der Waals surface area contributed by atoms with E-state index in [-0.39, 0.29) is 11.7 Å². The van der Waals surface area contributed by atoms with Crippen LogP contribution in [0.5, 0.6) is 0 Å². The number of para-hydroxylation sites is 1. The summed E-state index contributed by atoms with van der Waals surface area (Å²) in [5.41, 5.74) is 3.00. The maximum Gasteiger partial charge on any atom is 0.223 e. The highest BCUT2D eigenvalue weighted by molar-refractivity contribution is 5.79. The third-order valence-corrected chi connectivity index (χ3v) is 5.89. The van der Waals surface area contributed by atoms with Gasteiger partial charge in [0.2, 0.25) is 5.91 Å². The zero-order chi connectivity index (χ0) is 20.6. The lowest BCUT2D eigenvalue weighted by Crippen LogP contribution is -2.44. The molecule has 6 nitrogen and oxygen atoms in total. The molecule has 1 aliphatic rings. The summed E-state index contributed by atoms with van der Waals surface area (Å²) in [7, 11) is 0. The molecular weight excluding hydrogens is 369 g/mol. The van der Waals surface area contributed by atoms with Crippen molar-refractivity contribution in [3.63, 3.8) is 0 Å². The number of hydrogen-bond donors (Lipinski definition) is 0. The molecule has 29 heavy (non-hydrogen) atoms. The molecule has 7 heteroatoms. The van der Waals surface area contributed by atoms with E-state index in [9.17, 15) is 9.18 Å². The van der Waals surface area contributed by atoms with Crippen LogP contribution in [0, 0.1) is 19.7 Å².